The maximum atomic E-state index is 10.9. The minimum absolute atomic E-state index is 0.124. The molecule has 3 nitrogen and oxygen atoms in total. The van der Waals surface area contributed by atoms with Gasteiger partial charge in [-0.15, -0.1) is 0 Å². The van der Waals surface area contributed by atoms with Gasteiger partial charge in [0.25, 0.3) is 0 Å². The molecule has 74 valence electrons. The van der Waals surface area contributed by atoms with Crippen molar-refractivity contribution in [3.8, 4) is 0 Å². The first-order valence-corrected chi connectivity index (χ1v) is 5.23. The molecule has 0 saturated heterocycles. The summed E-state index contributed by atoms with van der Waals surface area (Å²) >= 11 is 0. The second-order valence-corrected chi connectivity index (χ2v) is 4.32. The zero-order valence-corrected chi connectivity index (χ0v) is 7.83. The molecule has 0 amide bonds. The van der Waals surface area contributed by atoms with Crippen LogP contribution in [0.3, 0.4) is 0 Å². The molecule has 0 radical (unpaired) electrons. The summed E-state index contributed by atoms with van der Waals surface area (Å²) in [5, 5.41) is 12.3. The lowest BCUT2D eigenvalue weighted by atomic mass is 9.92. The second kappa shape index (κ2) is 3.66. The second-order valence-electron chi connectivity index (χ2n) is 4.32. The molecule has 1 unspecified atom stereocenters. The fraction of sp³-hybridized carbons (Fsp3) is 0.900. The van der Waals surface area contributed by atoms with Gasteiger partial charge in [-0.05, 0) is 31.6 Å². The normalized spacial score (nSPS) is 25.2. The number of rotatable bonds is 5. The van der Waals surface area contributed by atoms with Crippen LogP contribution in [0.1, 0.15) is 32.1 Å². The largest absolute Gasteiger partial charge is 0.481 e. The van der Waals surface area contributed by atoms with E-state index in [0.717, 1.165) is 12.8 Å². The Morgan fingerprint density at radius 2 is 2.08 bits per heavy atom. The average molecular weight is 183 g/mol. The summed E-state index contributed by atoms with van der Waals surface area (Å²) in [4.78, 5) is 10.9. The van der Waals surface area contributed by atoms with E-state index in [4.69, 9.17) is 5.11 Å². The molecule has 0 aromatic carbocycles. The summed E-state index contributed by atoms with van der Waals surface area (Å²) in [6.45, 7) is 0.685. The maximum absolute atomic E-state index is 10.9. The van der Waals surface area contributed by atoms with Crippen LogP contribution < -0.4 is 5.32 Å². The highest BCUT2D eigenvalue weighted by Gasteiger charge is 2.36. The number of nitrogens with one attached hydrogen (secondary N) is 1. The van der Waals surface area contributed by atoms with E-state index in [1.165, 1.54) is 19.3 Å². The van der Waals surface area contributed by atoms with Crippen molar-refractivity contribution >= 4 is 5.97 Å². The number of carboxylic acids is 1. The van der Waals surface area contributed by atoms with Gasteiger partial charge in [0.15, 0.2) is 0 Å². The number of carboxylic acid groups (broad SMARTS) is 1. The summed E-state index contributed by atoms with van der Waals surface area (Å²) < 4.78 is 0. The first-order valence-electron chi connectivity index (χ1n) is 5.23. The highest BCUT2D eigenvalue weighted by atomic mass is 16.4. The molecule has 1 atom stereocenters. The quantitative estimate of drug-likeness (QED) is 0.674. The van der Waals surface area contributed by atoms with Crippen LogP contribution in [0.2, 0.25) is 0 Å². The van der Waals surface area contributed by atoms with Gasteiger partial charge < -0.3 is 10.4 Å². The summed E-state index contributed by atoms with van der Waals surface area (Å²) in [7, 11) is 0. The summed E-state index contributed by atoms with van der Waals surface area (Å²) in [6.07, 6.45) is 6.00. The third kappa shape index (κ3) is 2.21. The molecule has 0 heterocycles. The van der Waals surface area contributed by atoms with E-state index in [1.54, 1.807) is 0 Å². The molecule has 2 aliphatic carbocycles. The summed E-state index contributed by atoms with van der Waals surface area (Å²) in [5.41, 5.74) is 0. The molecule has 0 aliphatic heterocycles. The van der Waals surface area contributed by atoms with Crippen LogP contribution in [-0.4, -0.2) is 23.7 Å². The average Bonchev–Trinajstić information content (AvgIpc) is 2.76. The standard InChI is InChI=1S/C10H17NO2/c12-10(13)9(7-4-5-7)6-11-8-2-1-3-8/h7-9,11H,1-6H2,(H,12,13). The molecule has 2 N–H and O–H groups in total. The van der Waals surface area contributed by atoms with Gasteiger partial charge in [0.2, 0.25) is 0 Å². The number of hydrogen-bond donors (Lipinski definition) is 2. The topological polar surface area (TPSA) is 49.3 Å². The Labute approximate surface area is 78.5 Å². The Balaban J connectivity index is 1.72. The number of aliphatic carboxylic acids is 1. The SMILES string of the molecule is O=C(O)C(CNC1CCC1)C1CC1. The van der Waals surface area contributed by atoms with E-state index >= 15 is 0 Å². The van der Waals surface area contributed by atoms with Crippen LogP contribution in [0.5, 0.6) is 0 Å². The smallest absolute Gasteiger partial charge is 0.308 e. The van der Waals surface area contributed by atoms with Gasteiger partial charge in [-0.2, -0.15) is 0 Å². The van der Waals surface area contributed by atoms with E-state index < -0.39 is 5.97 Å². The Hall–Kier alpha value is -0.570. The molecule has 13 heavy (non-hydrogen) atoms. The van der Waals surface area contributed by atoms with Crippen molar-refractivity contribution in [2.75, 3.05) is 6.54 Å². The van der Waals surface area contributed by atoms with E-state index in [-0.39, 0.29) is 5.92 Å². The van der Waals surface area contributed by atoms with E-state index in [2.05, 4.69) is 5.32 Å². The van der Waals surface area contributed by atoms with Gasteiger partial charge in [0.1, 0.15) is 0 Å². The fourth-order valence-electron chi connectivity index (χ4n) is 1.86. The van der Waals surface area contributed by atoms with Crippen LogP contribution in [0.25, 0.3) is 0 Å². The molecule has 2 fully saturated rings. The molecule has 2 saturated carbocycles. The van der Waals surface area contributed by atoms with Crippen molar-refractivity contribution in [3.63, 3.8) is 0 Å². The Kier molecular flexibility index (Phi) is 2.54. The van der Waals surface area contributed by atoms with Gasteiger partial charge in [0, 0.05) is 12.6 Å². The lowest BCUT2D eigenvalue weighted by Crippen LogP contribution is -2.40. The van der Waals surface area contributed by atoms with E-state index in [1.807, 2.05) is 0 Å². The Bertz CT molecular complexity index is 197. The molecule has 2 rings (SSSR count). The molecular formula is C10H17NO2. The predicted molar refractivity (Wildman–Crippen MR) is 49.5 cm³/mol. The lowest BCUT2D eigenvalue weighted by molar-refractivity contribution is -0.142. The van der Waals surface area contributed by atoms with Crippen LogP contribution in [0, 0.1) is 11.8 Å². The molecule has 0 bridgehead atoms. The zero-order valence-electron chi connectivity index (χ0n) is 7.83. The lowest BCUT2D eigenvalue weighted by Gasteiger charge is -2.27. The monoisotopic (exact) mass is 183 g/mol. The van der Waals surface area contributed by atoms with Gasteiger partial charge in [0.05, 0.1) is 5.92 Å². The number of carbonyl (C=O) groups is 1. The van der Waals surface area contributed by atoms with Crippen LogP contribution in [-0.2, 0) is 4.79 Å². The van der Waals surface area contributed by atoms with Gasteiger partial charge in [-0.25, -0.2) is 0 Å². The van der Waals surface area contributed by atoms with Crippen molar-refractivity contribution in [3.05, 3.63) is 0 Å². The van der Waals surface area contributed by atoms with Crippen molar-refractivity contribution < 1.29 is 9.90 Å². The van der Waals surface area contributed by atoms with Crippen LogP contribution in [0.4, 0.5) is 0 Å². The summed E-state index contributed by atoms with van der Waals surface area (Å²) in [6, 6.07) is 0.612. The van der Waals surface area contributed by atoms with Crippen molar-refractivity contribution in [1.29, 1.82) is 0 Å². The third-order valence-electron chi connectivity index (χ3n) is 3.24. The Morgan fingerprint density at radius 1 is 1.38 bits per heavy atom. The molecule has 0 aromatic rings. The maximum Gasteiger partial charge on any atom is 0.308 e. The van der Waals surface area contributed by atoms with Crippen molar-refractivity contribution in [2.24, 2.45) is 11.8 Å². The zero-order chi connectivity index (χ0) is 9.26. The highest BCUT2D eigenvalue weighted by Crippen LogP contribution is 2.36. The minimum atomic E-state index is -0.616. The molecule has 0 spiro atoms. The van der Waals surface area contributed by atoms with Crippen molar-refractivity contribution in [2.45, 2.75) is 38.1 Å². The minimum Gasteiger partial charge on any atom is -0.481 e. The third-order valence-corrected chi connectivity index (χ3v) is 3.24. The van der Waals surface area contributed by atoms with Crippen molar-refractivity contribution in [1.82, 2.24) is 5.32 Å². The first-order chi connectivity index (χ1) is 6.27. The van der Waals surface area contributed by atoms with Gasteiger partial charge >= 0.3 is 5.97 Å². The highest BCUT2D eigenvalue weighted by molar-refractivity contribution is 5.71. The summed E-state index contributed by atoms with van der Waals surface area (Å²) in [5.74, 6) is -0.278. The van der Waals surface area contributed by atoms with Crippen LogP contribution in [0.15, 0.2) is 0 Å². The molecule has 3 heteroatoms. The van der Waals surface area contributed by atoms with E-state index in [0.29, 0.717) is 18.5 Å². The molecular weight excluding hydrogens is 166 g/mol. The first kappa shape index (κ1) is 9.00. The van der Waals surface area contributed by atoms with Crippen LogP contribution >= 0.6 is 0 Å². The van der Waals surface area contributed by atoms with Gasteiger partial charge in [-0.1, -0.05) is 6.42 Å². The van der Waals surface area contributed by atoms with Gasteiger partial charge in [-0.3, -0.25) is 4.79 Å². The molecule has 0 aromatic heterocycles. The fourth-order valence-corrected chi connectivity index (χ4v) is 1.86. The molecule has 2 aliphatic rings. The number of hydrogen-bond acceptors (Lipinski definition) is 2. The van der Waals surface area contributed by atoms with E-state index in [9.17, 15) is 4.79 Å². The Morgan fingerprint density at radius 3 is 2.46 bits per heavy atom. The predicted octanol–water partition coefficient (Wildman–Crippen LogP) is 1.24.